The van der Waals surface area contributed by atoms with Gasteiger partial charge in [0.15, 0.2) is 0 Å². The number of halogens is 3. The lowest BCUT2D eigenvalue weighted by atomic mass is 9.93. The summed E-state index contributed by atoms with van der Waals surface area (Å²) >= 11 is 11.9. The van der Waals surface area contributed by atoms with Gasteiger partial charge in [0.1, 0.15) is 5.67 Å². The summed E-state index contributed by atoms with van der Waals surface area (Å²) in [6, 6.07) is 4.65. The van der Waals surface area contributed by atoms with Gasteiger partial charge in [-0.3, -0.25) is 4.79 Å². The molecule has 2 rings (SSSR count). The van der Waals surface area contributed by atoms with Crippen molar-refractivity contribution in [3.63, 3.8) is 0 Å². The average Bonchev–Trinajstić information content (AvgIpc) is 2.69. The van der Waals surface area contributed by atoms with Crippen LogP contribution in [0.3, 0.4) is 0 Å². The Hall–Kier alpha value is -1.10. The summed E-state index contributed by atoms with van der Waals surface area (Å²) in [6.45, 7) is 4.97. The van der Waals surface area contributed by atoms with Crippen molar-refractivity contribution in [3.8, 4) is 0 Å². The maximum atomic E-state index is 15.1. The second-order valence-corrected chi connectivity index (χ2v) is 8.97. The van der Waals surface area contributed by atoms with Gasteiger partial charge in [-0.1, -0.05) is 55.1 Å². The smallest absolute Gasteiger partial charge is 0.251 e. The van der Waals surface area contributed by atoms with Crippen LogP contribution in [-0.4, -0.2) is 37.8 Å². The summed E-state index contributed by atoms with van der Waals surface area (Å²) in [4.78, 5) is 13.7. The van der Waals surface area contributed by atoms with Gasteiger partial charge in [-0.25, -0.2) is 4.39 Å². The van der Waals surface area contributed by atoms with Crippen LogP contribution in [0.15, 0.2) is 30.4 Å². The van der Waals surface area contributed by atoms with Gasteiger partial charge in [0.2, 0.25) is 0 Å². The Morgan fingerprint density at radius 3 is 2.34 bits per heavy atom. The highest BCUT2D eigenvalue weighted by atomic mass is 35.5. The fourth-order valence-electron chi connectivity index (χ4n) is 3.72. The highest BCUT2D eigenvalue weighted by Gasteiger charge is 2.36. The van der Waals surface area contributed by atoms with E-state index in [9.17, 15) is 4.79 Å². The summed E-state index contributed by atoms with van der Waals surface area (Å²) in [5.41, 5.74) is -0.974. The van der Waals surface area contributed by atoms with Gasteiger partial charge >= 0.3 is 0 Å². The number of unbranched alkanes of at least 4 members (excludes halogenated alkanes) is 4. The lowest BCUT2D eigenvalue weighted by Gasteiger charge is -2.34. The summed E-state index contributed by atoms with van der Waals surface area (Å²) < 4.78 is 15.1. The summed E-state index contributed by atoms with van der Waals surface area (Å²) in [5, 5.41) is 3.50. The number of hydrogen-bond donors (Lipinski definition) is 2. The SMILES string of the molecule is CCCCC/C=C/CCC[NH+]1CCC(F)(CNC(=O)c2cc(Cl)cc(Cl)c2)CC1. The number of benzene rings is 1. The first-order valence-corrected chi connectivity index (χ1v) is 11.6. The van der Waals surface area contributed by atoms with Crippen LogP contribution in [0.1, 0.15) is 68.6 Å². The Balaban J connectivity index is 1.65. The fourth-order valence-corrected chi connectivity index (χ4v) is 4.25. The average molecular weight is 444 g/mol. The maximum Gasteiger partial charge on any atom is 0.251 e. The Morgan fingerprint density at radius 2 is 1.72 bits per heavy atom. The molecule has 1 aliphatic heterocycles. The molecule has 0 atom stereocenters. The number of carbonyl (C=O) groups is 1. The molecule has 0 unspecified atom stereocenters. The van der Waals surface area contributed by atoms with Crippen LogP contribution in [0.2, 0.25) is 10.0 Å². The minimum absolute atomic E-state index is 0.0315. The number of rotatable bonds is 11. The van der Waals surface area contributed by atoms with E-state index in [0.29, 0.717) is 28.5 Å². The second kappa shape index (κ2) is 12.6. The van der Waals surface area contributed by atoms with Crippen molar-refractivity contribution in [2.45, 2.75) is 64.0 Å². The van der Waals surface area contributed by atoms with Crippen LogP contribution >= 0.6 is 23.2 Å². The van der Waals surface area contributed by atoms with Gasteiger partial charge in [-0.05, 0) is 43.9 Å². The van der Waals surface area contributed by atoms with Gasteiger partial charge < -0.3 is 10.2 Å². The Kier molecular flexibility index (Phi) is 10.5. The number of alkyl halides is 1. The molecule has 162 valence electrons. The molecule has 0 spiro atoms. The normalized spacial score (nSPS) is 22.1. The van der Waals surface area contributed by atoms with Crippen LogP contribution in [0, 0.1) is 0 Å². The molecule has 0 aliphatic carbocycles. The molecule has 0 saturated carbocycles. The first-order valence-electron chi connectivity index (χ1n) is 10.8. The zero-order valence-electron chi connectivity index (χ0n) is 17.4. The molecule has 1 heterocycles. The zero-order valence-corrected chi connectivity index (χ0v) is 18.9. The molecule has 1 aromatic rings. The largest absolute Gasteiger partial charge is 0.349 e. The van der Waals surface area contributed by atoms with Crippen molar-refractivity contribution >= 4 is 29.1 Å². The molecule has 1 fully saturated rings. The van der Waals surface area contributed by atoms with Crippen LogP contribution in [-0.2, 0) is 0 Å². The van der Waals surface area contributed by atoms with Gasteiger partial charge in [-0.2, -0.15) is 0 Å². The highest BCUT2D eigenvalue weighted by molar-refractivity contribution is 6.35. The minimum Gasteiger partial charge on any atom is -0.349 e. The first kappa shape index (κ1) is 24.2. The molecule has 2 N–H and O–H groups in total. The van der Waals surface area contributed by atoms with Crippen molar-refractivity contribution in [1.82, 2.24) is 5.32 Å². The standard InChI is InChI=1S/C23H33Cl2FN2O/c1-2-3-4-5-6-7-8-9-12-28-13-10-23(26,11-14-28)18-27-22(29)19-15-20(24)17-21(25)16-19/h6-7,15-17H,2-5,8-14,18H2,1H3,(H,27,29)/p+1/b7-6+. The molecular formula is C23H34Cl2FN2O+. The third-order valence-corrected chi connectivity index (χ3v) is 6.02. The van der Waals surface area contributed by atoms with Crippen molar-refractivity contribution in [1.29, 1.82) is 0 Å². The number of allylic oxidation sites excluding steroid dienone is 2. The molecule has 0 radical (unpaired) electrons. The molecule has 1 amide bonds. The van der Waals surface area contributed by atoms with E-state index >= 15 is 4.39 Å². The lowest BCUT2D eigenvalue weighted by Crippen LogP contribution is -3.13. The first-order chi connectivity index (χ1) is 13.9. The van der Waals surface area contributed by atoms with Gasteiger partial charge in [0.25, 0.3) is 5.91 Å². The molecule has 1 aliphatic rings. The van der Waals surface area contributed by atoms with E-state index in [0.717, 1.165) is 32.5 Å². The van der Waals surface area contributed by atoms with Crippen molar-refractivity contribution < 1.29 is 14.1 Å². The number of carbonyl (C=O) groups excluding carboxylic acids is 1. The van der Waals surface area contributed by atoms with Crippen LogP contribution < -0.4 is 10.2 Å². The molecule has 0 aromatic heterocycles. The van der Waals surface area contributed by atoms with Crippen molar-refractivity contribution in [2.24, 2.45) is 0 Å². The summed E-state index contributed by atoms with van der Waals surface area (Å²) in [5.74, 6) is -0.341. The molecule has 6 heteroatoms. The van der Waals surface area contributed by atoms with E-state index in [1.54, 1.807) is 18.2 Å². The minimum atomic E-state index is -1.33. The monoisotopic (exact) mass is 443 g/mol. The summed E-state index contributed by atoms with van der Waals surface area (Å²) in [7, 11) is 0. The molecule has 1 aromatic carbocycles. The fraction of sp³-hybridized carbons (Fsp3) is 0.609. The maximum absolute atomic E-state index is 15.1. The Labute approximate surface area is 184 Å². The number of piperidine rings is 1. The van der Waals surface area contributed by atoms with Crippen molar-refractivity contribution in [2.75, 3.05) is 26.2 Å². The molecule has 1 saturated heterocycles. The number of likely N-dealkylation sites (tertiary alicyclic amines) is 1. The zero-order chi connectivity index (χ0) is 21.1. The number of quaternary nitrogens is 1. The van der Waals surface area contributed by atoms with E-state index in [4.69, 9.17) is 23.2 Å². The Morgan fingerprint density at radius 1 is 1.10 bits per heavy atom. The highest BCUT2D eigenvalue weighted by Crippen LogP contribution is 2.22. The molecular weight excluding hydrogens is 410 g/mol. The van der Waals surface area contributed by atoms with Gasteiger partial charge in [0, 0.05) is 28.5 Å². The predicted molar refractivity (Wildman–Crippen MR) is 120 cm³/mol. The molecule has 3 nitrogen and oxygen atoms in total. The topological polar surface area (TPSA) is 33.5 Å². The summed E-state index contributed by atoms with van der Waals surface area (Å²) in [6.07, 6.45) is 12.8. The van der Waals surface area contributed by atoms with Gasteiger partial charge in [-0.15, -0.1) is 0 Å². The lowest BCUT2D eigenvalue weighted by molar-refractivity contribution is -0.907. The van der Waals surface area contributed by atoms with E-state index in [1.165, 1.54) is 30.6 Å². The van der Waals surface area contributed by atoms with Crippen LogP contribution in [0.5, 0.6) is 0 Å². The molecule has 29 heavy (non-hydrogen) atoms. The number of nitrogens with one attached hydrogen (secondary N) is 2. The number of amides is 1. The Bertz CT molecular complexity index is 653. The third-order valence-electron chi connectivity index (χ3n) is 5.59. The molecule has 0 bridgehead atoms. The van der Waals surface area contributed by atoms with Crippen LogP contribution in [0.4, 0.5) is 4.39 Å². The van der Waals surface area contributed by atoms with E-state index in [-0.39, 0.29) is 12.5 Å². The quantitative estimate of drug-likeness (QED) is 0.365. The van der Waals surface area contributed by atoms with E-state index in [2.05, 4.69) is 24.4 Å². The van der Waals surface area contributed by atoms with Gasteiger partial charge in [0.05, 0.1) is 26.2 Å². The van der Waals surface area contributed by atoms with E-state index < -0.39 is 5.67 Å². The third kappa shape index (κ3) is 9.06. The number of hydrogen-bond acceptors (Lipinski definition) is 1. The van der Waals surface area contributed by atoms with Crippen molar-refractivity contribution in [3.05, 3.63) is 46.0 Å². The second-order valence-electron chi connectivity index (χ2n) is 8.10. The predicted octanol–water partition coefficient (Wildman–Crippen LogP) is 5.03. The van der Waals surface area contributed by atoms with Crippen LogP contribution in [0.25, 0.3) is 0 Å². The van der Waals surface area contributed by atoms with E-state index in [1.807, 2.05) is 0 Å².